The first-order chi connectivity index (χ1) is 9.06. The number of hydrogen-bond donors (Lipinski definition) is 2. The molecule has 0 aliphatic heterocycles. The van der Waals surface area contributed by atoms with Crippen molar-refractivity contribution in [1.82, 2.24) is 9.36 Å². The fourth-order valence-corrected chi connectivity index (χ4v) is 2.70. The molecule has 0 amide bonds. The Morgan fingerprint density at radius 2 is 2.21 bits per heavy atom. The molecular formula is C13H21N3O2S. The summed E-state index contributed by atoms with van der Waals surface area (Å²) in [6.07, 6.45) is 5.04. The van der Waals surface area contributed by atoms with Crippen LogP contribution in [0.2, 0.25) is 0 Å². The number of rotatable bonds is 8. The van der Waals surface area contributed by atoms with Gasteiger partial charge >= 0.3 is 5.97 Å². The van der Waals surface area contributed by atoms with Crippen LogP contribution in [0.5, 0.6) is 0 Å². The number of carbonyl (C=O) groups is 1. The van der Waals surface area contributed by atoms with E-state index in [2.05, 4.69) is 21.6 Å². The van der Waals surface area contributed by atoms with E-state index in [-0.39, 0.29) is 5.92 Å². The van der Waals surface area contributed by atoms with Crippen molar-refractivity contribution < 1.29 is 9.90 Å². The van der Waals surface area contributed by atoms with Crippen LogP contribution in [0.15, 0.2) is 0 Å². The fraction of sp³-hybridized carbons (Fsp3) is 0.769. The molecule has 1 fully saturated rings. The van der Waals surface area contributed by atoms with Gasteiger partial charge in [-0.3, -0.25) is 4.79 Å². The van der Waals surface area contributed by atoms with Gasteiger partial charge in [-0.1, -0.05) is 13.3 Å². The second kappa shape index (κ2) is 6.32. The first-order valence-electron chi connectivity index (χ1n) is 6.89. The van der Waals surface area contributed by atoms with E-state index in [1.807, 2.05) is 0 Å². The van der Waals surface area contributed by atoms with Crippen molar-refractivity contribution in [2.45, 2.75) is 57.9 Å². The Labute approximate surface area is 117 Å². The number of anilines is 1. The Bertz CT molecular complexity index is 431. The monoisotopic (exact) mass is 283 g/mol. The average molecular weight is 283 g/mol. The molecule has 0 saturated heterocycles. The van der Waals surface area contributed by atoms with E-state index in [1.165, 1.54) is 24.4 Å². The molecule has 19 heavy (non-hydrogen) atoms. The van der Waals surface area contributed by atoms with Gasteiger partial charge in [0.2, 0.25) is 5.13 Å². The maximum absolute atomic E-state index is 10.7. The summed E-state index contributed by atoms with van der Waals surface area (Å²) in [5, 5.41) is 13.0. The molecule has 106 valence electrons. The molecule has 0 bridgehead atoms. The molecule has 2 N–H and O–H groups in total. The van der Waals surface area contributed by atoms with Crippen molar-refractivity contribution in [3.05, 3.63) is 5.82 Å². The van der Waals surface area contributed by atoms with E-state index >= 15 is 0 Å². The Morgan fingerprint density at radius 1 is 1.47 bits per heavy atom. The second-order valence-corrected chi connectivity index (χ2v) is 6.20. The number of aromatic nitrogens is 2. The highest BCUT2D eigenvalue weighted by Crippen LogP contribution is 2.39. The number of carboxylic acid groups (broad SMARTS) is 1. The number of aliphatic carboxylic acids is 1. The minimum atomic E-state index is -0.709. The minimum absolute atomic E-state index is 0.254. The van der Waals surface area contributed by atoms with Crippen LogP contribution in [0.1, 0.15) is 57.7 Å². The topological polar surface area (TPSA) is 75.1 Å². The molecule has 0 aromatic carbocycles. The molecule has 0 spiro atoms. The van der Waals surface area contributed by atoms with E-state index in [9.17, 15) is 4.79 Å². The summed E-state index contributed by atoms with van der Waals surface area (Å²) >= 11 is 1.42. The lowest BCUT2D eigenvalue weighted by molar-refractivity contribution is -0.141. The van der Waals surface area contributed by atoms with Gasteiger partial charge in [0.15, 0.2) is 0 Å². The van der Waals surface area contributed by atoms with Crippen LogP contribution in [-0.2, 0) is 4.79 Å². The van der Waals surface area contributed by atoms with Crippen molar-refractivity contribution >= 4 is 22.6 Å². The number of carboxylic acids is 1. The summed E-state index contributed by atoms with van der Waals surface area (Å²) in [6, 6.07) is 0.306. The Balaban J connectivity index is 1.68. The molecule has 0 radical (unpaired) electrons. The predicted molar refractivity (Wildman–Crippen MR) is 75.6 cm³/mol. The first kappa shape index (κ1) is 14.2. The highest BCUT2D eigenvalue weighted by molar-refractivity contribution is 7.09. The zero-order valence-corrected chi connectivity index (χ0v) is 12.2. The van der Waals surface area contributed by atoms with Gasteiger partial charge in [-0.15, -0.1) is 0 Å². The van der Waals surface area contributed by atoms with Crippen molar-refractivity contribution in [2.24, 2.45) is 5.92 Å². The van der Waals surface area contributed by atoms with Crippen LogP contribution in [0.4, 0.5) is 5.13 Å². The SMILES string of the molecule is CC(CCCC(C)C(=O)O)Nc1nc(C2CC2)ns1. The molecule has 1 heterocycles. The highest BCUT2D eigenvalue weighted by Gasteiger charge is 2.27. The number of nitrogens with one attached hydrogen (secondary N) is 1. The van der Waals surface area contributed by atoms with Crippen molar-refractivity contribution in [2.75, 3.05) is 5.32 Å². The molecule has 1 aliphatic rings. The van der Waals surface area contributed by atoms with E-state index < -0.39 is 5.97 Å². The Hall–Kier alpha value is -1.17. The van der Waals surface area contributed by atoms with Crippen molar-refractivity contribution in [1.29, 1.82) is 0 Å². The summed E-state index contributed by atoms with van der Waals surface area (Å²) in [7, 11) is 0. The van der Waals surface area contributed by atoms with Gasteiger partial charge in [0.1, 0.15) is 5.82 Å². The van der Waals surface area contributed by atoms with Gasteiger partial charge in [0.25, 0.3) is 0 Å². The average Bonchev–Trinajstić information content (AvgIpc) is 3.10. The standard InChI is InChI=1S/C13H21N3O2S/c1-8(12(17)18)4-3-5-9(2)14-13-15-11(16-19-13)10-6-7-10/h8-10H,3-7H2,1-2H3,(H,17,18)(H,14,15,16). The van der Waals surface area contributed by atoms with Crippen molar-refractivity contribution in [3.8, 4) is 0 Å². The minimum Gasteiger partial charge on any atom is -0.481 e. The summed E-state index contributed by atoms with van der Waals surface area (Å²) < 4.78 is 4.35. The number of nitrogens with zero attached hydrogens (tertiary/aromatic N) is 2. The molecule has 1 saturated carbocycles. The van der Waals surface area contributed by atoms with E-state index in [0.717, 1.165) is 30.2 Å². The quantitative estimate of drug-likeness (QED) is 0.766. The van der Waals surface area contributed by atoms with Crippen LogP contribution < -0.4 is 5.32 Å². The maximum atomic E-state index is 10.7. The van der Waals surface area contributed by atoms with E-state index in [4.69, 9.17) is 5.11 Å². The van der Waals surface area contributed by atoms with Crippen LogP contribution in [0.25, 0.3) is 0 Å². The van der Waals surface area contributed by atoms with Gasteiger partial charge in [-0.25, -0.2) is 4.98 Å². The first-order valence-corrected chi connectivity index (χ1v) is 7.66. The zero-order chi connectivity index (χ0) is 13.8. The third-order valence-electron chi connectivity index (χ3n) is 3.45. The van der Waals surface area contributed by atoms with Gasteiger partial charge in [0, 0.05) is 23.5 Å². The smallest absolute Gasteiger partial charge is 0.306 e. The summed E-state index contributed by atoms with van der Waals surface area (Å²) in [5.74, 6) is 0.617. The largest absolute Gasteiger partial charge is 0.481 e. The van der Waals surface area contributed by atoms with Crippen LogP contribution in [0, 0.1) is 5.92 Å². The predicted octanol–water partition coefficient (Wildman–Crippen LogP) is 3.11. The van der Waals surface area contributed by atoms with Crippen LogP contribution in [0.3, 0.4) is 0 Å². The lowest BCUT2D eigenvalue weighted by Gasteiger charge is -2.13. The van der Waals surface area contributed by atoms with Gasteiger partial charge in [0.05, 0.1) is 5.92 Å². The molecule has 6 heteroatoms. The Morgan fingerprint density at radius 3 is 2.84 bits per heavy atom. The van der Waals surface area contributed by atoms with Gasteiger partial charge in [-0.2, -0.15) is 4.37 Å². The van der Waals surface area contributed by atoms with Crippen molar-refractivity contribution in [3.63, 3.8) is 0 Å². The lowest BCUT2D eigenvalue weighted by atomic mass is 10.0. The molecule has 1 aromatic heterocycles. The van der Waals surface area contributed by atoms with Gasteiger partial charge < -0.3 is 10.4 Å². The normalized spacial score (nSPS) is 18.0. The highest BCUT2D eigenvalue weighted by atomic mass is 32.1. The Kier molecular flexibility index (Phi) is 4.74. The molecule has 2 atom stereocenters. The lowest BCUT2D eigenvalue weighted by Crippen LogP contribution is -2.16. The van der Waals surface area contributed by atoms with E-state index in [0.29, 0.717) is 12.0 Å². The third kappa shape index (κ3) is 4.45. The summed E-state index contributed by atoms with van der Waals surface area (Å²) in [6.45, 7) is 3.86. The maximum Gasteiger partial charge on any atom is 0.306 e. The van der Waals surface area contributed by atoms with E-state index in [1.54, 1.807) is 6.92 Å². The number of hydrogen-bond acceptors (Lipinski definition) is 5. The van der Waals surface area contributed by atoms with Crippen LogP contribution >= 0.6 is 11.5 Å². The summed E-state index contributed by atoms with van der Waals surface area (Å²) in [5.41, 5.74) is 0. The fourth-order valence-electron chi connectivity index (χ4n) is 1.94. The van der Waals surface area contributed by atoms with Crippen LogP contribution in [-0.4, -0.2) is 26.5 Å². The molecule has 2 rings (SSSR count). The second-order valence-electron chi connectivity index (χ2n) is 5.45. The third-order valence-corrected chi connectivity index (χ3v) is 4.11. The summed E-state index contributed by atoms with van der Waals surface area (Å²) in [4.78, 5) is 15.2. The molecular weight excluding hydrogens is 262 g/mol. The zero-order valence-electron chi connectivity index (χ0n) is 11.4. The van der Waals surface area contributed by atoms with Gasteiger partial charge in [-0.05, 0) is 32.6 Å². The molecule has 1 aromatic rings. The molecule has 5 nitrogen and oxygen atoms in total. The molecule has 1 aliphatic carbocycles. The molecule has 2 unspecified atom stereocenters.